The molecule has 102 valence electrons. The largest absolute Gasteiger partial charge is 0.464 e. The van der Waals surface area contributed by atoms with Gasteiger partial charge in [0.1, 0.15) is 0 Å². The molecule has 1 aromatic heterocycles. The van der Waals surface area contributed by atoms with Crippen LogP contribution in [0.25, 0.3) is 0 Å². The lowest BCUT2D eigenvalue weighted by molar-refractivity contribution is -0.384. The second-order valence-corrected chi connectivity index (χ2v) is 4.02. The minimum Gasteiger partial charge on any atom is -0.464 e. The van der Waals surface area contributed by atoms with E-state index in [2.05, 4.69) is 15.0 Å². The van der Waals surface area contributed by atoms with E-state index in [0.717, 1.165) is 13.1 Å². The Morgan fingerprint density at radius 1 is 1.47 bits per heavy atom. The van der Waals surface area contributed by atoms with E-state index < -0.39 is 10.9 Å². The highest BCUT2D eigenvalue weighted by atomic mass is 16.6. The molecule has 1 aromatic rings. The molecule has 0 bridgehead atoms. The van der Waals surface area contributed by atoms with Gasteiger partial charge in [-0.1, -0.05) is 0 Å². The lowest BCUT2D eigenvalue weighted by Gasteiger charge is -2.28. The SMILES string of the molecule is COC(=O)c1ccc([N+](=O)[O-])c(N2CCNCC2)n1. The van der Waals surface area contributed by atoms with Gasteiger partial charge in [-0.2, -0.15) is 0 Å². The lowest BCUT2D eigenvalue weighted by Crippen LogP contribution is -2.44. The monoisotopic (exact) mass is 266 g/mol. The van der Waals surface area contributed by atoms with Gasteiger partial charge in [0.05, 0.1) is 12.0 Å². The number of aromatic nitrogens is 1. The predicted octanol–water partition coefficient (Wildman–Crippen LogP) is 0.186. The van der Waals surface area contributed by atoms with Crippen LogP contribution < -0.4 is 10.2 Å². The molecule has 1 aliphatic rings. The third-order valence-electron chi connectivity index (χ3n) is 2.86. The zero-order chi connectivity index (χ0) is 13.8. The van der Waals surface area contributed by atoms with E-state index in [1.807, 2.05) is 0 Å². The van der Waals surface area contributed by atoms with Crippen molar-refractivity contribution in [1.29, 1.82) is 0 Å². The highest BCUT2D eigenvalue weighted by molar-refractivity contribution is 5.88. The second-order valence-electron chi connectivity index (χ2n) is 4.02. The van der Waals surface area contributed by atoms with Crippen molar-refractivity contribution in [2.24, 2.45) is 0 Å². The summed E-state index contributed by atoms with van der Waals surface area (Å²) in [5.41, 5.74) is -0.0313. The van der Waals surface area contributed by atoms with Gasteiger partial charge in [0.15, 0.2) is 5.69 Å². The van der Waals surface area contributed by atoms with E-state index in [1.54, 1.807) is 4.90 Å². The third kappa shape index (κ3) is 2.79. The Bertz CT molecular complexity index is 499. The van der Waals surface area contributed by atoms with Gasteiger partial charge in [0.25, 0.3) is 0 Å². The number of carbonyl (C=O) groups is 1. The van der Waals surface area contributed by atoms with Crippen molar-refractivity contribution in [3.8, 4) is 0 Å². The molecule has 8 heteroatoms. The number of methoxy groups -OCH3 is 1. The molecular formula is C11H14N4O4. The standard InChI is InChI=1S/C11H14N4O4/c1-19-11(16)8-2-3-9(15(17)18)10(13-8)14-6-4-12-5-7-14/h2-3,12H,4-7H2,1H3. The second kappa shape index (κ2) is 5.61. The highest BCUT2D eigenvalue weighted by Crippen LogP contribution is 2.26. The van der Waals surface area contributed by atoms with Crippen molar-refractivity contribution >= 4 is 17.5 Å². The molecule has 0 radical (unpaired) electrons. The Morgan fingerprint density at radius 2 is 2.16 bits per heavy atom. The van der Waals surface area contributed by atoms with Crippen molar-refractivity contribution in [1.82, 2.24) is 10.3 Å². The molecule has 0 unspecified atom stereocenters. The smallest absolute Gasteiger partial charge is 0.356 e. The zero-order valence-corrected chi connectivity index (χ0v) is 10.5. The Labute approximate surface area is 109 Å². The zero-order valence-electron chi connectivity index (χ0n) is 10.5. The van der Waals surface area contributed by atoms with E-state index in [9.17, 15) is 14.9 Å². The summed E-state index contributed by atoms with van der Waals surface area (Å²) in [4.78, 5) is 27.8. The summed E-state index contributed by atoms with van der Waals surface area (Å²) in [6.07, 6.45) is 0. The van der Waals surface area contributed by atoms with Crippen molar-refractivity contribution in [2.75, 3.05) is 38.2 Å². The van der Waals surface area contributed by atoms with Crippen molar-refractivity contribution in [2.45, 2.75) is 0 Å². The third-order valence-corrected chi connectivity index (χ3v) is 2.86. The molecule has 0 aromatic carbocycles. The van der Waals surface area contributed by atoms with E-state index >= 15 is 0 Å². The van der Waals surface area contributed by atoms with Crippen molar-refractivity contribution < 1.29 is 14.5 Å². The molecule has 0 spiro atoms. The van der Waals surface area contributed by atoms with E-state index in [-0.39, 0.29) is 17.2 Å². The Balaban J connectivity index is 2.40. The molecule has 0 atom stereocenters. The minimum atomic E-state index is -0.605. The number of hydrogen-bond donors (Lipinski definition) is 1. The number of anilines is 1. The van der Waals surface area contributed by atoms with Gasteiger partial charge in [-0.05, 0) is 6.07 Å². The van der Waals surface area contributed by atoms with Crippen LogP contribution in [0.2, 0.25) is 0 Å². The molecule has 8 nitrogen and oxygen atoms in total. The average Bonchev–Trinajstić information content (AvgIpc) is 2.46. The Morgan fingerprint density at radius 3 is 2.74 bits per heavy atom. The first-order valence-electron chi connectivity index (χ1n) is 5.83. The van der Waals surface area contributed by atoms with Crippen LogP contribution in [0.1, 0.15) is 10.5 Å². The molecule has 0 aliphatic carbocycles. The number of nitro groups is 1. The van der Waals surface area contributed by atoms with E-state index in [0.29, 0.717) is 13.1 Å². The summed E-state index contributed by atoms with van der Waals surface area (Å²) in [6, 6.07) is 2.59. The topological polar surface area (TPSA) is 97.6 Å². The van der Waals surface area contributed by atoms with Crippen LogP contribution in [0.3, 0.4) is 0 Å². The quantitative estimate of drug-likeness (QED) is 0.473. The number of piperazine rings is 1. The summed E-state index contributed by atoms with van der Waals surface area (Å²) >= 11 is 0. The first-order valence-corrected chi connectivity index (χ1v) is 5.83. The number of nitrogens with zero attached hydrogens (tertiary/aromatic N) is 3. The molecule has 2 heterocycles. The molecule has 19 heavy (non-hydrogen) atoms. The number of nitrogens with one attached hydrogen (secondary N) is 1. The van der Waals surface area contributed by atoms with Crippen LogP contribution in [0.5, 0.6) is 0 Å². The molecule has 1 fully saturated rings. The summed E-state index contributed by atoms with van der Waals surface area (Å²) in [7, 11) is 1.25. The van der Waals surface area contributed by atoms with Gasteiger partial charge < -0.3 is 15.0 Å². The van der Waals surface area contributed by atoms with Crippen molar-refractivity contribution in [3.63, 3.8) is 0 Å². The fourth-order valence-electron chi connectivity index (χ4n) is 1.91. The molecule has 0 saturated carbocycles. The molecule has 2 rings (SSSR count). The van der Waals surface area contributed by atoms with Gasteiger partial charge >= 0.3 is 11.7 Å². The number of pyridine rings is 1. The number of hydrogen-bond acceptors (Lipinski definition) is 7. The number of esters is 1. The first kappa shape index (κ1) is 13.2. The number of ether oxygens (including phenoxy) is 1. The maximum absolute atomic E-state index is 11.4. The Kier molecular flexibility index (Phi) is 3.91. The summed E-state index contributed by atoms with van der Waals surface area (Å²) in [5, 5.41) is 14.2. The minimum absolute atomic E-state index is 0.0710. The van der Waals surface area contributed by atoms with E-state index in [4.69, 9.17) is 0 Å². The first-order chi connectivity index (χ1) is 9.13. The molecule has 1 aliphatic heterocycles. The molecule has 0 amide bonds. The van der Waals surface area contributed by atoms with Crippen LogP contribution >= 0.6 is 0 Å². The number of rotatable bonds is 3. The van der Waals surface area contributed by atoms with Gasteiger partial charge in [0.2, 0.25) is 5.82 Å². The fourth-order valence-corrected chi connectivity index (χ4v) is 1.91. The average molecular weight is 266 g/mol. The molecule has 1 N–H and O–H groups in total. The molecular weight excluding hydrogens is 252 g/mol. The highest BCUT2D eigenvalue weighted by Gasteiger charge is 2.24. The lowest BCUT2D eigenvalue weighted by atomic mass is 10.2. The summed E-state index contributed by atoms with van der Waals surface area (Å²) in [5.74, 6) is -0.388. The normalized spacial score (nSPS) is 15.1. The molecule has 1 saturated heterocycles. The van der Waals surface area contributed by atoms with Crippen LogP contribution in [-0.4, -0.2) is 49.2 Å². The van der Waals surface area contributed by atoms with Gasteiger partial charge in [-0.15, -0.1) is 0 Å². The van der Waals surface area contributed by atoms with Crippen molar-refractivity contribution in [3.05, 3.63) is 27.9 Å². The predicted molar refractivity (Wildman–Crippen MR) is 67.3 cm³/mol. The van der Waals surface area contributed by atoms with E-state index in [1.165, 1.54) is 19.2 Å². The van der Waals surface area contributed by atoms with Crippen LogP contribution in [-0.2, 0) is 4.74 Å². The maximum atomic E-state index is 11.4. The van der Waals surface area contributed by atoms with Gasteiger partial charge in [-0.25, -0.2) is 9.78 Å². The van der Waals surface area contributed by atoms with Crippen LogP contribution in [0, 0.1) is 10.1 Å². The summed E-state index contributed by atoms with van der Waals surface area (Å²) < 4.78 is 4.58. The number of carbonyl (C=O) groups excluding carboxylic acids is 1. The van der Waals surface area contributed by atoms with Crippen LogP contribution in [0.15, 0.2) is 12.1 Å². The summed E-state index contributed by atoms with van der Waals surface area (Å²) in [6.45, 7) is 2.67. The maximum Gasteiger partial charge on any atom is 0.356 e. The van der Waals surface area contributed by atoms with Crippen LogP contribution in [0.4, 0.5) is 11.5 Å². The Hall–Kier alpha value is -2.22. The van der Waals surface area contributed by atoms with Gasteiger partial charge in [0, 0.05) is 32.2 Å². The fraction of sp³-hybridized carbons (Fsp3) is 0.455. The van der Waals surface area contributed by atoms with Gasteiger partial charge in [-0.3, -0.25) is 10.1 Å².